The van der Waals surface area contributed by atoms with Gasteiger partial charge in [-0.25, -0.2) is 0 Å². The first kappa shape index (κ1) is 21.2. The average Bonchev–Trinajstić information content (AvgIpc) is 3.21. The first-order chi connectivity index (χ1) is 16.0. The number of aromatic nitrogens is 3. The molecule has 0 aliphatic carbocycles. The van der Waals surface area contributed by atoms with E-state index in [1.165, 1.54) is 23.9 Å². The molecule has 1 aromatic heterocycles. The van der Waals surface area contributed by atoms with Gasteiger partial charge in [0.25, 0.3) is 5.69 Å². The number of nitro benzene ring substituents is 1. The lowest BCUT2D eigenvalue weighted by molar-refractivity contribution is -0.384. The third-order valence-electron chi connectivity index (χ3n) is 5.18. The first-order valence-corrected chi connectivity index (χ1v) is 11.8. The number of thioether (sulfide) groups is 1. The Morgan fingerprint density at radius 1 is 0.970 bits per heavy atom. The Kier molecular flexibility index (Phi) is 5.61. The molecule has 0 unspecified atom stereocenters. The van der Waals surface area contributed by atoms with Crippen LogP contribution in [0.3, 0.4) is 0 Å². The molecule has 0 bridgehead atoms. The van der Waals surface area contributed by atoms with E-state index < -0.39 is 4.92 Å². The fourth-order valence-electron chi connectivity index (χ4n) is 3.59. The molecule has 0 spiro atoms. The molecule has 5 rings (SSSR count). The molecule has 0 saturated carbocycles. The van der Waals surface area contributed by atoms with Crippen molar-refractivity contribution in [3.63, 3.8) is 0 Å². The summed E-state index contributed by atoms with van der Waals surface area (Å²) in [6.07, 6.45) is 0. The first-order valence-electron chi connectivity index (χ1n) is 9.99. The van der Waals surface area contributed by atoms with Gasteiger partial charge in [-0.05, 0) is 36.4 Å². The average molecular weight is 476 g/mol. The maximum absolute atomic E-state index is 13.4. The number of amides is 1. The minimum atomic E-state index is -0.442. The number of para-hydroxylation sites is 2. The SMILES string of the molecule is Cn1c(SCC(=O)N2c3ccccc3Sc3ccccc32)nnc1-c1ccc([N+](=O)[O-])cc1. The van der Waals surface area contributed by atoms with Crippen LogP contribution >= 0.6 is 23.5 Å². The molecule has 1 aliphatic heterocycles. The van der Waals surface area contributed by atoms with Gasteiger partial charge in [-0.3, -0.25) is 19.8 Å². The molecule has 33 heavy (non-hydrogen) atoms. The number of hydrogen-bond donors (Lipinski definition) is 0. The fourth-order valence-corrected chi connectivity index (χ4v) is 5.41. The lowest BCUT2D eigenvalue weighted by Crippen LogP contribution is -2.30. The molecule has 3 aromatic carbocycles. The van der Waals surface area contributed by atoms with E-state index in [0.717, 1.165) is 21.2 Å². The maximum Gasteiger partial charge on any atom is 0.269 e. The van der Waals surface area contributed by atoms with Crippen molar-refractivity contribution >= 4 is 46.5 Å². The summed E-state index contributed by atoms with van der Waals surface area (Å²) in [6, 6.07) is 21.9. The lowest BCUT2D eigenvalue weighted by atomic mass is 10.2. The molecule has 0 fully saturated rings. The molecule has 0 saturated heterocycles. The third kappa shape index (κ3) is 3.98. The highest BCUT2D eigenvalue weighted by molar-refractivity contribution is 8.00. The van der Waals surface area contributed by atoms with Gasteiger partial charge in [-0.15, -0.1) is 10.2 Å². The molecule has 4 aromatic rings. The summed E-state index contributed by atoms with van der Waals surface area (Å²) in [5, 5.41) is 19.9. The summed E-state index contributed by atoms with van der Waals surface area (Å²) in [6.45, 7) is 0. The zero-order valence-corrected chi connectivity index (χ0v) is 19.0. The van der Waals surface area contributed by atoms with Gasteiger partial charge in [0.2, 0.25) is 5.91 Å². The van der Waals surface area contributed by atoms with E-state index in [1.807, 2.05) is 55.6 Å². The van der Waals surface area contributed by atoms with Crippen LogP contribution in [0.1, 0.15) is 0 Å². The number of non-ortho nitro benzene ring substituents is 1. The fraction of sp³-hybridized carbons (Fsp3) is 0.0870. The highest BCUT2D eigenvalue weighted by Gasteiger charge is 2.28. The van der Waals surface area contributed by atoms with Crippen LogP contribution in [0, 0.1) is 10.1 Å². The molecule has 164 valence electrons. The Morgan fingerprint density at radius 3 is 2.18 bits per heavy atom. The Morgan fingerprint density at radius 2 is 1.58 bits per heavy atom. The molecule has 1 amide bonds. The summed E-state index contributed by atoms with van der Waals surface area (Å²) in [7, 11) is 1.81. The van der Waals surface area contributed by atoms with E-state index in [1.54, 1.807) is 33.4 Å². The van der Waals surface area contributed by atoms with Crippen LogP contribution in [0.2, 0.25) is 0 Å². The van der Waals surface area contributed by atoms with E-state index in [-0.39, 0.29) is 17.3 Å². The van der Waals surface area contributed by atoms with E-state index in [0.29, 0.717) is 16.5 Å². The van der Waals surface area contributed by atoms with Crippen molar-refractivity contribution in [3.8, 4) is 11.4 Å². The van der Waals surface area contributed by atoms with Crippen LogP contribution < -0.4 is 4.90 Å². The van der Waals surface area contributed by atoms with Crippen molar-refractivity contribution in [2.24, 2.45) is 7.05 Å². The molecule has 1 aliphatic rings. The molecule has 0 atom stereocenters. The summed E-state index contributed by atoms with van der Waals surface area (Å²) < 4.78 is 1.78. The van der Waals surface area contributed by atoms with Crippen molar-refractivity contribution in [1.29, 1.82) is 0 Å². The van der Waals surface area contributed by atoms with Crippen molar-refractivity contribution < 1.29 is 9.72 Å². The second-order valence-electron chi connectivity index (χ2n) is 7.22. The Labute approximate surface area is 197 Å². The van der Waals surface area contributed by atoms with Gasteiger partial charge in [0.15, 0.2) is 11.0 Å². The second-order valence-corrected chi connectivity index (χ2v) is 9.25. The van der Waals surface area contributed by atoms with Crippen molar-refractivity contribution in [2.45, 2.75) is 14.9 Å². The Bertz CT molecular complexity index is 1330. The van der Waals surface area contributed by atoms with Gasteiger partial charge in [0.05, 0.1) is 22.1 Å². The number of nitrogens with zero attached hydrogens (tertiary/aromatic N) is 5. The van der Waals surface area contributed by atoms with Crippen LogP contribution in [-0.2, 0) is 11.8 Å². The van der Waals surface area contributed by atoms with E-state index in [4.69, 9.17) is 0 Å². The van der Waals surface area contributed by atoms with Gasteiger partial charge < -0.3 is 4.57 Å². The highest BCUT2D eigenvalue weighted by atomic mass is 32.2. The molecule has 0 radical (unpaired) electrons. The number of carbonyl (C=O) groups excluding carboxylic acids is 1. The molecular formula is C23H17N5O3S2. The number of rotatable bonds is 5. The molecule has 2 heterocycles. The minimum absolute atomic E-state index is 0.0152. The normalized spacial score (nSPS) is 12.2. The summed E-state index contributed by atoms with van der Waals surface area (Å²) in [4.78, 5) is 27.6. The minimum Gasteiger partial charge on any atom is -0.305 e. The van der Waals surface area contributed by atoms with Crippen molar-refractivity contribution in [1.82, 2.24) is 14.8 Å². The molecular weight excluding hydrogens is 458 g/mol. The predicted molar refractivity (Wildman–Crippen MR) is 128 cm³/mol. The number of fused-ring (bicyclic) bond motifs is 2. The second kappa shape index (κ2) is 8.72. The Hall–Kier alpha value is -3.63. The smallest absolute Gasteiger partial charge is 0.269 e. The lowest BCUT2D eigenvalue weighted by Gasteiger charge is -2.30. The zero-order chi connectivity index (χ0) is 22.9. The van der Waals surface area contributed by atoms with Gasteiger partial charge >= 0.3 is 0 Å². The van der Waals surface area contributed by atoms with Crippen LogP contribution in [0.25, 0.3) is 11.4 Å². The number of carbonyl (C=O) groups is 1. The highest BCUT2D eigenvalue weighted by Crippen LogP contribution is 2.48. The number of benzene rings is 3. The number of nitro groups is 1. The van der Waals surface area contributed by atoms with E-state index in [2.05, 4.69) is 10.2 Å². The standard InChI is InChI=1S/C23H17N5O3S2/c1-26-22(15-10-12-16(13-11-15)28(30)31)24-25-23(26)32-14-21(29)27-17-6-2-4-8-19(17)33-20-9-5-3-7-18(20)27/h2-13H,14H2,1H3. The van der Waals surface area contributed by atoms with Crippen LogP contribution in [0.5, 0.6) is 0 Å². The van der Waals surface area contributed by atoms with Crippen molar-refractivity contribution in [3.05, 3.63) is 82.9 Å². The number of hydrogen-bond acceptors (Lipinski definition) is 7. The predicted octanol–water partition coefficient (Wildman–Crippen LogP) is 5.31. The largest absolute Gasteiger partial charge is 0.305 e. The van der Waals surface area contributed by atoms with E-state index in [9.17, 15) is 14.9 Å². The molecule has 0 N–H and O–H groups in total. The zero-order valence-electron chi connectivity index (χ0n) is 17.4. The van der Waals surface area contributed by atoms with Crippen LogP contribution in [0.4, 0.5) is 17.1 Å². The van der Waals surface area contributed by atoms with Gasteiger partial charge in [0.1, 0.15) is 0 Å². The Balaban J connectivity index is 1.37. The summed E-state index contributed by atoms with van der Waals surface area (Å²) in [5.74, 6) is 0.699. The van der Waals surface area contributed by atoms with Crippen LogP contribution in [0.15, 0.2) is 87.7 Å². The maximum atomic E-state index is 13.4. The van der Waals surface area contributed by atoms with Gasteiger partial charge in [0, 0.05) is 34.5 Å². The van der Waals surface area contributed by atoms with Crippen LogP contribution in [-0.4, -0.2) is 31.3 Å². The summed E-state index contributed by atoms with van der Waals surface area (Å²) in [5.41, 5.74) is 2.47. The quantitative estimate of drug-likeness (QED) is 0.219. The third-order valence-corrected chi connectivity index (χ3v) is 7.31. The molecule has 8 nitrogen and oxygen atoms in total. The number of anilines is 2. The van der Waals surface area contributed by atoms with E-state index >= 15 is 0 Å². The molecule has 10 heteroatoms. The van der Waals surface area contributed by atoms with Gasteiger partial charge in [-0.2, -0.15) is 0 Å². The van der Waals surface area contributed by atoms with Crippen molar-refractivity contribution in [2.75, 3.05) is 10.7 Å². The monoisotopic (exact) mass is 475 g/mol. The van der Waals surface area contributed by atoms with Gasteiger partial charge in [-0.1, -0.05) is 47.8 Å². The topological polar surface area (TPSA) is 94.2 Å². The summed E-state index contributed by atoms with van der Waals surface area (Å²) >= 11 is 2.96.